The lowest BCUT2D eigenvalue weighted by atomic mass is 10.1. The number of fused-ring (bicyclic) bond motifs is 1. The number of rotatable bonds is 4. The summed E-state index contributed by atoms with van der Waals surface area (Å²) in [4.78, 5) is 24.8. The van der Waals surface area contributed by atoms with E-state index in [9.17, 15) is 31.2 Å². The molecule has 6 nitrogen and oxygen atoms in total. The van der Waals surface area contributed by atoms with E-state index in [1.807, 2.05) is 0 Å². The van der Waals surface area contributed by atoms with Crippen LogP contribution >= 0.6 is 0 Å². The molecule has 1 aromatic carbocycles. The molecule has 0 saturated carbocycles. The molecule has 0 bridgehead atoms. The third-order valence-corrected chi connectivity index (χ3v) is 4.03. The maximum absolute atomic E-state index is 12.2. The Kier molecular flexibility index (Phi) is 4.00. The lowest BCUT2D eigenvalue weighted by Gasteiger charge is -2.22. The zero-order chi connectivity index (χ0) is 16.7. The molecule has 0 spiro atoms. The Bertz CT molecular complexity index is 694. The Morgan fingerprint density at radius 3 is 2.00 bits per heavy atom. The fraction of sp³-hybridized carbons (Fsp3) is 0.333. The van der Waals surface area contributed by atoms with Crippen molar-refractivity contribution < 1.29 is 35.4 Å². The number of imide groups is 1. The van der Waals surface area contributed by atoms with E-state index in [0.29, 0.717) is 4.90 Å². The molecule has 2 amide bonds. The Morgan fingerprint density at radius 2 is 1.59 bits per heavy atom. The van der Waals surface area contributed by atoms with Crippen LogP contribution in [0.3, 0.4) is 0 Å². The van der Waals surface area contributed by atoms with Crippen molar-refractivity contribution in [1.82, 2.24) is 4.90 Å². The van der Waals surface area contributed by atoms with Crippen molar-refractivity contribution in [1.29, 1.82) is 0 Å². The average Bonchev–Trinajstić information content (AvgIpc) is 2.68. The van der Waals surface area contributed by atoms with E-state index in [1.165, 1.54) is 31.2 Å². The first-order chi connectivity index (χ1) is 10.1. The van der Waals surface area contributed by atoms with Crippen molar-refractivity contribution in [3.63, 3.8) is 0 Å². The van der Waals surface area contributed by atoms with Gasteiger partial charge in [0.05, 0.1) is 23.8 Å². The van der Waals surface area contributed by atoms with Crippen molar-refractivity contribution in [2.45, 2.75) is 18.5 Å². The highest BCUT2D eigenvalue weighted by atomic mass is 32.2. The maximum Gasteiger partial charge on any atom is 0.523 e. The molecule has 1 aromatic rings. The number of carbonyl (C=O) groups excluding carboxylic acids is 2. The van der Waals surface area contributed by atoms with Gasteiger partial charge in [-0.15, -0.1) is 0 Å². The minimum Gasteiger partial charge on any atom is -0.269 e. The number of amides is 2. The number of benzene rings is 1. The van der Waals surface area contributed by atoms with Gasteiger partial charge in [-0.3, -0.25) is 18.7 Å². The SMILES string of the molecule is C[C@H](COS(=O)(=O)C(F)(F)F)N1C(=O)c2ccccc2C1=O. The van der Waals surface area contributed by atoms with E-state index in [-0.39, 0.29) is 11.1 Å². The van der Waals surface area contributed by atoms with Crippen molar-refractivity contribution in [3.8, 4) is 0 Å². The van der Waals surface area contributed by atoms with Crippen LogP contribution in [0.5, 0.6) is 0 Å². The summed E-state index contributed by atoms with van der Waals surface area (Å²) in [7, 11) is -5.77. The summed E-state index contributed by atoms with van der Waals surface area (Å²) in [5, 5.41) is 0. The molecule has 0 aromatic heterocycles. The summed E-state index contributed by atoms with van der Waals surface area (Å²) in [6.45, 7) is 0.237. The first-order valence-corrected chi connectivity index (χ1v) is 7.39. The lowest BCUT2D eigenvalue weighted by Crippen LogP contribution is -2.42. The van der Waals surface area contributed by atoms with Gasteiger partial charge in [0.15, 0.2) is 0 Å². The number of carbonyl (C=O) groups is 2. The van der Waals surface area contributed by atoms with Crippen molar-refractivity contribution >= 4 is 21.9 Å². The fourth-order valence-electron chi connectivity index (χ4n) is 1.94. The van der Waals surface area contributed by atoms with Gasteiger partial charge in [0.1, 0.15) is 0 Å². The van der Waals surface area contributed by atoms with Gasteiger partial charge in [0.25, 0.3) is 11.8 Å². The van der Waals surface area contributed by atoms with Crippen LogP contribution in [0.15, 0.2) is 24.3 Å². The second-order valence-corrected chi connectivity index (χ2v) is 6.17. The molecule has 1 aliphatic rings. The largest absolute Gasteiger partial charge is 0.523 e. The zero-order valence-electron chi connectivity index (χ0n) is 11.1. The van der Waals surface area contributed by atoms with Gasteiger partial charge in [-0.05, 0) is 19.1 Å². The minimum atomic E-state index is -5.77. The summed E-state index contributed by atoms with van der Waals surface area (Å²) < 4.78 is 62.0. The summed E-state index contributed by atoms with van der Waals surface area (Å²) in [6.07, 6.45) is 0. The molecule has 0 fully saturated rings. The molecular weight excluding hydrogens is 327 g/mol. The monoisotopic (exact) mass is 337 g/mol. The van der Waals surface area contributed by atoms with Gasteiger partial charge in [-0.1, -0.05) is 12.1 Å². The smallest absolute Gasteiger partial charge is 0.269 e. The van der Waals surface area contributed by atoms with E-state index >= 15 is 0 Å². The van der Waals surface area contributed by atoms with Gasteiger partial charge >= 0.3 is 15.6 Å². The highest BCUT2D eigenvalue weighted by Gasteiger charge is 2.48. The topological polar surface area (TPSA) is 80.8 Å². The fourth-order valence-corrected chi connectivity index (χ4v) is 2.45. The Labute approximate surface area is 123 Å². The highest BCUT2D eigenvalue weighted by molar-refractivity contribution is 7.87. The summed E-state index contributed by atoms with van der Waals surface area (Å²) in [6, 6.07) is 4.68. The molecule has 10 heteroatoms. The molecule has 0 radical (unpaired) electrons. The predicted octanol–water partition coefficient (Wildman–Crippen LogP) is 1.54. The molecule has 1 aliphatic heterocycles. The molecular formula is C12H10F3NO5S. The van der Waals surface area contributed by atoms with E-state index in [4.69, 9.17) is 0 Å². The quantitative estimate of drug-likeness (QED) is 0.473. The standard InChI is InChI=1S/C12H10F3NO5S/c1-7(6-21-22(19,20)12(13,14)15)16-10(17)8-4-2-3-5-9(8)11(16)18/h2-5,7H,6H2,1H3/t7-/m1/s1. The summed E-state index contributed by atoms with van der Waals surface area (Å²) >= 11 is 0. The molecule has 0 N–H and O–H groups in total. The maximum atomic E-state index is 12.2. The van der Waals surface area contributed by atoms with E-state index in [2.05, 4.69) is 4.18 Å². The lowest BCUT2D eigenvalue weighted by molar-refractivity contribution is -0.0549. The van der Waals surface area contributed by atoms with E-state index in [0.717, 1.165) is 0 Å². The van der Waals surface area contributed by atoms with Crippen molar-refractivity contribution in [3.05, 3.63) is 35.4 Å². The van der Waals surface area contributed by atoms with Gasteiger partial charge in [0.2, 0.25) is 0 Å². The number of hydrogen-bond acceptors (Lipinski definition) is 5. The van der Waals surface area contributed by atoms with Crippen LogP contribution in [-0.2, 0) is 14.3 Å². The van der Waals surface area contributed by atoms with Crippen molar-refractivity contribution in [2.75, 3.05) is 6.61 Å². The third kappa shape index (κ3) is 2.71. The van der Waals surface area contributed by atoms with Crippen LogP contribution in [0.2, 0.25) is 0 Å². The van der Waals surface area contributed by atoms with E-state index in [1.54, 1.807) is 0 Å². The number of hydrogen-bond donors (Lipinski definition) is 0. The van der Waals surface area contributed by atoms with Crippen LogP contribution < -0.4 is 0 Å². The van der Waals surface area contributed by atoms with Gasteiger partial charge < -0.3 is 0 Å². The van der Waals surface area contributed by atoms with Gasteiger partial charge in [-0.25, -0.2) is 0 Å². The zero-order valence-corrected chi connectivity index (χ0v) is 11.9. The second-order valence-electron chi connectivity index (χ2n) is 4.56. The normalized spacial score (nSPS) is 16.8. The third-order valence-electron chi connectivity index (χ3n) is 3.01. The molecule has 0 saturated heterocycles. The molecule has 0 unspecified atom stereocenters. The first kappa shape index (κ1) is 16.4. The summed E-state index contributed by atoms with van der Waals surface area (Å²) in [5.74, 6) is -1.41. The van der Waals surface area contributed by atoms with Crippen molar-refractivity contribution in [2.24, 2.45) is 0 Å². The molecule has 1 atom stereocenters. The molecule has 22 heavy (non-hydrogen) atoms. The van der Waals surface area contributed by atoms with E-state index < -0.39 is 40.1 Å². The molecule has 0 aliphatic carbocycles. The van der Waals surface area contributed by atoms with Crippen LogP contribution in [0.4, 0.5) is 13.2 Å². The molecule has 1 heterocycles. The second kappa shape index (κ2) is 5.36. The number of alkyl halides is 3. The highest BCUT2D eigenvalue weighted by Crippen LogP contribution is 2.27. The average molecular weight is 337 g/mol. The Morgan fingerprint density at radius 1 is 1.14 bits per heavy atom. The predicted molar refractivity (Wildman–Crippen MR) is 67.3 cm³/mol. The van der Waals surface area contributed by atoms with Crippen LogP contribution in [0.25, 0.3) is 0 Å². The van der Waals surface area contributed by atoms with Gasteiger partial charge in [-0.2, -0.15) is 21.6 Å². The summed E-state index contributed by atoms with van der Waals surface area (Å²) in [5.41, 5.74) is -5.34. The van der Waals surface area contributed by atoms with Crippen LogP contribution in [0.1, 0.15) is 27.6 Å². The van der Waals surface area contributed by atoms with Gasteiger partial charge in [0, 0.05) is 0 Å². The van der Waals surface area contributed by atoms with Crippen LogP contribution in [0, 0.1) is 0 Å². The number of halogens is 3. The van der Waals surface area contributed by atoms with Crippen LogP contribution in [-0.4, -0.2) is 43.3 Å². The Balaban J connectivity index is 2.14. The molecule has 2 rings (SSSR count). The Hall–Kier alpha value is -1.94. The minimum absolute atomic E-state index is 0.109. The molecule has 120 valence electrons. The first-order valence-electron chi connectivity index (χ1n) is 5.99. The number of nitrogens with zero attached hydrogens (tertiary/aromatic N) is 1.